The molecule has 10 nitrogen and oxygen atoms in total. The molecule has 0 saturated carbocycles. The van der Waals surface area contributed by atoms with E-state index in [-0.39, 0.29) is 41.0 Å². The number of aliphatic imine (C=N–C) groups is 1. The Kier molecular flexibility index (Phi) is 5.81. The Morgan fingerprint density at radius 1 is 1.09 bits per heavy atom. The summed E-state index contributed by atoms with van der Waals surface area (Å²) in [5, 5.41) is 32.5. The van der Waals surface area contributed by atoms with Gasteiger partial charge in [-0.15, -0.1) is 0 Å². The van der Waals surface area contributed by atoms with Crippen molar-refractivity contribution in [2.75, 3.05) is 16.8 Å². The van der Waals surface area contributed by atoms with Crippen LogP contribution in [0.1, 0.15) is 33.9 Å². The smallest absolute Gasteiger partial charge is 0.211 e. The van der Waals surface area contributed by atoms with E-state index in [4.69, 9.17) is 26.7 Å². The number of halogens is 1. The monoisotopic (exact) mass is 453 g/mol. The molecule has 0 radical (unpaired) electrons. The van der Waals surface area contributed by atoms with Crippen LogP contribution in [-0.2, 0) is 6.61 Å². The van der Waals surface area contributed by atoms with Crippen molar-refractivity contribution < 1.29 is 9.13 Å². The number of nitriles is 3. The zero-order valence-electron chi connectivity index (χ0n) is 17.5. The topological polar surface area (TPSA) is 182 Å². The van der Waals surface area contributed by atoms with Gasteiger partial charge in [-0.25, -0.2) is 14.4 Å². The van der Waals surface area contributed by atoms with Gasteiger partial charge in [-0.3, -0.25) is 5.32 Å². The summed E-state index contributed by atoms with van der Waals surface area (Å²) >= 11 is 0. The lowest BCUT2D eigenvalue weighted by Gasteiger charge is -2.26. The molecule has 0 spiro atoms. The van der Waals surface area contributed by atoms with Gasteiger partial charge in [-0.1, -0.05) is 18.2 Å². The van der Waals surface area contributed by atoms with Gasteiger partial charge in [0.15, 0.2) is 6.19 Å². The van der Waals surface area contributed by atoms with Gasteiger partial charge in [-0.05, 0) is 29.8 Å². The number of nitrogens with two attached hydrogens (primary N) is 2. The van der Waals surface area contributed by atoms with Crippen molar-refractivity contribution in [1.29, 1.82) is 15.8 Å². The Hall–Kier alpha value is -5.34. The first-order chi connectivity index (χ1) is 16.4. The molecule has 1 aliphatic heterocycles. The van der Waals surface area contributed by atoms with Gasteiger partial charge in [-0.2, -0.15) is 15.8 Å². The first-order valence-electron chi connectivity index (χ1n) is 9.85. The lowest BCUT2D eigenvalue weighted by atomic mass is 9.95. The summed E-state index contributed by atoms with van der Waals surface area (Å²) in [6.45, 7) is -0.0247. The van der Waals surface area contributed by atoms with Gasteiger partial charge >= 0.3 is 0 Å². The minimum absolute atomic E-state index is 0.0247. The summed E-state index contributed by atoms with van der Waals surface area (Å²) in [5.41, 5.74) is 13.9. The second-order valence-corrected chi connectivity index (χ2v) is 7.18. The number of rotatable bonds is 4. The number of ether oxygens (including phenoxy) is 1. The molecule has 0 amide bonds. The third-order valence-corrected chi connectivity index (χ3v) is 5.13. The molecule has 1 aliphatic rings. The third kappa shape index (κ3) is 4.07. The molecule has 1 atom stereocenters. The van der Waals surface area contributed by atoms with Crippen molar-refractivity contribution in [2.45, 2.75) is 12.6 Å². The summed E-state index contributed by atoms with van der Waals surface area (Å²) in [4.78, 5) is 8.69. The molecule has 3 aromatic rings. The number of hydrogen-bond donors (Lipinski definition) is 4. The van der Waals surface area contributed by atoms with E-state index < -0.39 is 11.9 Å². The van der Waals surface area contributed by atoms with Crippen LogP contribution in [-0.4, -0.2) is 10.9 Å². The van der Waals surface area contributed by atoms with Crippen molar-refractivity contribution in [2.24, 2.45) is 4.99 Å². The van der Waals surface area contributed by atoms with E-state index in [1.165, 1.54) is 12.1 Å². The second-order valence-electron chi connectivity index (χ2n) is 7.18. The number of hydrogen-bond acceptors (Lipinski definition) is 10. The fourth-order valence-corrected chi connectivity index (χ4v) is 3.46. The largest absolute Gasteiger partial charge is 0.489 e. The Bertz CT molecular complexity index is 1430. The number of nitrogens with one attached hydrogen (secondary N) is 2. The number of pyridine rings is 1. The molecule has 6 N–H and O–H groups in total. The Balaban J connectivity index is 1.63. The average molecular weight is 453 g/mol. The van der Waals surface area contributed by atoms with Gasteiger partial charge in [0.2, 0.25) is 5.96 Å². The lowest BCUT2D eigenvalue weighted by molar-refractivity contribution is 0.299. The van der Waals surface area contributed by atoms with Crippen LogP contribution in [0, 0.1) is 39.9 Å². The molecule has 1 unspecified atom stereocenters. The summed E-state index contributed by atoms with van der Waals surface area (Å²) in [6, 6.07) is 14.2. The van der Waals surface area contributed by atoms with Gasteiger partial charge in [0.05, 0.1) is 17.3 Å². The van der Waals surface area contributed by atoms with E-state index in [1.807, 2.05) is 12.1 Å². The predicted molar refractivity (Wildman–Crippen MR) is 121 cm³/mol. The van der Waals surface area contributed by atoms with Crippen LogP contribution < -0.4 is 26.8 Å². The van der Waals surface area contributed by atoms with Crippen LogP contribution >= 0.6 is 0 Å². The van der Waals surface area contributed by atoms with Crippen LogP contribution in [0.25, 0.3) is 0 Å². The van der Waals surface area contributed by atoms with E-state index in [2.05, 4.69) is 20.6 Å². The van der Waals surface area contributed by atoms with Crippen LogP contribution in [0.15, 0.2) is 47.5 Å². The van der Waals surface area contributed by atoms with E-state index in [0.717, 1.165) is 6.07 Å². The number of guanidine groups is 1. The molecule has 2 heterocycles. The molecule has 11 heteroatoms. The molecule has 0 aliphatic carbocycles. The van der Waals surface area contributed by atoms with Gasteiger partial charge in [0.1, 0.15) is 47.5 Å². The third-order valence-electron chi connectivity index (χ3n) is 5.13. The number of aromatic nitrogens is 1. The van der Waals surface area contributed by atoms with Crippen molar-refractivity contribution in [1.82, 2.24) is 10.3 Å². The highest BCUT2D eigenvalue weighted by atomic mass is 19.1. The summed E-state index contributed by atoms with van der Waals surface area (Å²) in [6.07, 6.45) is 1.79. The highest BCUT2D eigenvalue weighted by Crippen LogP contribution is 2.40. The normalized spacial score (nSPS) is 13.8. The molecule has 0 saturated heterocycles. The summed E-state index contributed by atoms with van der Waals surface area (Å²) in [7, 11) is 0. The minimum atomic E-state index is -0.683. The number of benzene rings is 2. The summed E-state index contributed by atoms with van der Waals surface area (Å²) in [5.74, 6) is 0.338. The highest BCUT2D eigenvalue weighted by Gasteiger charge is 2.29. The van der Waals surface area contributed by atoms with Crippen molar-refractivity contribution in [3.05, 3.63) is 76.1 Å². The van der Waals surface area contributed by atoms with E-state index in [1.54, 1.807) is 30.5 Å². The molecule has 166 valence electrons. The summed E-state index contributed by atoms with van der Waals surface area (Å²) < 4.78 is 19.8. The highest BCUT2D eigenvalue weighted by molar-refractivity contribution is 5.98. The van der Waals surface area contributed by atoms with Crippen LogP contribution in [0.5, 0.6) is 5.75 Å². The SMILES string of the molecule is N#CNC1=NC(c2ccc(OCc3ccc(C#N)cc3F)cc2)c2c(nc(N)c(C#N)c2N)N1. The predicted octanol–water partition coefficient (Wildman–Crippen LogP) is 2.65. The molecular weight excluding hydrogens is 437 g/mol. The minimum Gasteiger partial charge on any atom is -0.489 e. The maximum atomic E-state index is 14.1. The lowest BCUT2D eigenvalue weighted by Crippen LogP contribution is -2.32. The maximum Gasteiger partial charge on any atom is 0.211 e. The number of anilines is 3. The van der Waals surface area contributed by atoms with Crippen LogP contribution in [0.3, 0.4) is 0 Å². The molecule has 34 heavy (non-hydrogen) atoms. The zero-order chi connectivity index (χ0) is 24.2. The first kappa shape index (κ1) is 21.9. The molecule has 2 aromatic carbocycles. The number of fused-ring (bicyclic) bond motifs is 1. The van der Waals surface area contributed by atoms with Crippen LogP contribution in [0.2, 0.25) is 0 Å². The van der Waals surface area contributed by atoms with E-state index in [0.29, 0.717) is 22.4 Å². The molecule has 4 rings (SSSR count). The van der Waals surface area contributed by atoms with E-state index in [9.17, 15) is 9.65 Å². The number of nitrogen functional groups attached to an aromatic ring is 2. The van der Waals surface area contributed by atoms with Gasteiger partial charge in [0.25, 0.3) is 0 Å². The Labute approximate surface area is 193 Å². The maximum absolute atomic E-state index is 14.1. The first-order valence-corrected chi connectivity index (χ1v) is 9.85. The fourth-order valence-electron chi connectivity index (χ4n) is 3.46. The average Bonchev–Trinajstić information content (AvgIpc) is 2.83. The van der Waals surface area contributed by atoms with E-state index >= 15 is 0 Å². The molecular formula is C23H16FN9O. The van der Waals surface area contributed by atoms with Gasteiger partial charge < -0.3 is 21.5 Å². The standard InChI is InChI=1S/C23H16FN9O/c24-17-7-12(8-25)1-2-14(17)10-34-15-5-3-13(4-6-15)20-18-19(28)16(9-26)21(29)32-22(18)33-23(31-20)30-11-27/h1-7,20H,10H2,(H6,28,29,30,31,32,33). The van der Waals surface area contributed by atoms with Gasteiger partial charge in [0, 0.05) is 11.1 Å². The molecule has 1 aromatic heterocycles. The Morgan fingerprint density at radius 2 is 1.85 bits per heavy atom. The van der Waals surface area contributed by atoms with Crippen LogP contribution in [0.4, 0.5) is 21.7 Å². The number of nitrogens with zero attached hydrogens (tertiary/aromatic N) is 5. The molecule has 0 bridgehead atoms. The Morgan fingerprint density at radius 3 is 2.50 bits per heavy atom. The zero-order valence-corrected chi connectivity index (χ0v) is 17.5. The van der Waals surface area contributed by atoms with Crippen molar-refractivity contribution >= 4 is 23.3 Å². The molecule has 0 fully saturated rings. The quantitative estimate of drug-likeness (QED) is 0.341. The van der Waals surface area contributed by atoms with Crippen molar-refractivity contribution in [3.8, 4) is 24.1 Å². The van der Waals surface area contributed by atoms with Crippen molar-refractivity contribution in [3.63, 3.8) is 0 Å². The second kappa shape index (κ2) is 9.03. The fraction of sp³-hybridized carbons (Fsp3) is 0.0870.